The first-order valence-corrected chi connectivity index (χ1v) is 6.36. The van der Waals surface area contributed by atoms with E-state index in [1.165, 1.54) is 0 Å². The highest BCUT2D eigenvalue weighted by Crippen LogP contribution is 2.06. The number of nitrogens with one attached hydrogen (secondary N) is 1. The van der Waals surface area contributed by atoms with Crippen molar-refractivity contribution in [1.29, 1.82) is 0 Å². The van der Waals surface area contributed by atoms with E-state index < -0.39 is 0 Å². The topological polar surface area (TPSA) is 53.9 Å². The van der Waals surface area contributed by atoms with E-state index in [4.69, 9.17) is 0 Å². The van der Waals surface area contributed by atoms with Gasteiger partial charge in [0.2, 0.25) is 5.95 Å². The quantitative estimate of drug-likeness (QED) is 0.776. The van der Waals surface area contributed by atoms with E-state index in [9.17, 15) is 0 Å². The predicted octanol–water partition coefficient (Wildman–Crippen LogP) is 1.36. The lowest BCUT2D eigenvalue weighted by Gasteiger charge is -2.14. The molecule has 0 fully saturated rings. The molecule has 0 aliphatic rings. The monoisotopic (exact) mass is 237 g/mol. The molecule has 0 amide bonds. The summed E-state index contributed by atoms with van der Waals surface area (Å²) >= 11 is 0. The zero-order valence-electron chi connectivity index (χ0n) is 11.3. The second kappa shape index (κ2) is 7.17. The van der Waals surface area contributed by atoms with Crippen LogP contribution in [0.2, 0.25) is 0 Å². The van der Waals surface area contributed by atoms with Gasteiger partial charge in [-0.2, -0.15) is 5.10 Å². The predicted molar refractivity (Wildman–Crippen MR) is 70.2 cm³/mol. The summed E-state index contributed by atoms with van der Waals surface area (Å²) in [5.74, 6) is 0.642. The van der Waals surface area contributed by atoms with Crippen LogP contribution < -0.4 is 5.32 Å². The summed E-state index contributed by atoms with van der Waals surface area (Å²) in [6, 6.07) is 0. The Hall–Kier alpha value is -1.23. The Morgan fingerprint density at radius 3 is 2.35 bits per heavy atom. The van der Waals surface area contributed by atoms with Crippen LogP contribution in [-0.2, 0) is 12.8 Å². The molecule has 0 atom stereocenters. The van der Waals surface area contributed by atoms with E-state index in [0.717, 1.165) is 43.9 Å². The summed E-state index contributed by atoms with van der Waals surface area (Å²) in [7, 11) is 2.10. The van der Waals surface area contributed by atoms with Gasteiger partial charge < -0.3 is 10.2 Å². The second-order valence-electron chi connectivity index (χ2n) is 4.06. The molecule has 0 aliphatic heterocycles. The zero-order valence-corrected chi connectivity index (χ0v) is 11.3. The van der Waals surface area contributed by atoms with Crippen molar-refractivity contribution >= 4 is 5.95 Å². The normalized spacial score (nSPS) is 10.9. The number of aryl methyl sites for hydroxylation is 2. The van der Waals surface area contributed by atoms with Crippen molar-refractivity contribution in [3.8, 4) is 0 Å². The van der Waals surface area contributed by atoms with Crippen LogP contribution in [0.15, 0.2) is 0 Å². The largest absolute Gasteiger partial charge is 0.352 e. The molecular weight excluding hydrogens is 214 g/mol. The molecule has 0 radical (unpaired) electrons. The minimum atomic E-state index is 0.642. The Bertz CT molecular complexity index is 340. The van der Waals surface area contributed by atoms with Crippen molar-refractivity contribution in [2.45, 2.75) is 33.6 Å². The summed E-state index contributed by atoms with van der Waals surface area (Å²) in [5.41, 5.74) is 2.05. The van der Waals surface area contributed by atoms with Gasteiger partial charge in [-0.05, 0) is 26.4 Å². The summed E-state index contributed by atoms with van der Waals surface area (Å²) in [6.45, 7) is 9.20. The molecule has 0 saturated heterocycles. The number of anilines is 1. The number of hydrogen-bond acceptors (Lipinski definition) is 5. The summed E-state index contributed by atoms with van der Waals surface area (Å²) in [4.78, 5) is 6.72. The first kappa shape index (κ1) is 13.8. The number of aromatic nitrogens is 3. The van der Waals surface area contributed by atoms with Crippen molar-refractivity contribution < 1.29 is 0 Å². The summed E-state index contributed by atoms with van der Waals surface area (Å²) < 4.78 is 0. The van der Waals surface area contributed by atoms with E-state index in [2.05, 4.69) is 53.2 Å². The standard InChI is InChI=1S/C12H23N5/c1-5-10-11(6-2)15-16-12(14-10)13-8-9-17(4)7-3/h5-9H2,1-4H3,(H,13,14,16). The third-order valence-electron chi connectivity index (χ3n) is 2.83. The van der Waals surface area contributed by atoms with E-state index in [1.807, 2.05) is 0 Å². The van der Waals surface area contributed by atoms with Crippen LogP contribution in [0.1, 0.15) is 32.2 Å². The zero-order chi connectivity index (χ0) is 12.7. The molecule has 0 aromatic carbocycles. The van der Waals surface area contributed by atoms with E-state index >= 15 is 0 Å². The van der Waals surface area contributed by atoms with Gasteiger partial charge in [0.15, 0.2) is 0 Å². The highest BCUT2D eigenvalue weighted by molar-refractivity contribution is 5.25. The minimum absolute atomic E-state index is 0.642. The number of nitrogens with zero attached hydrogens (tertiary/aromatic N) is 4. The SMILES string of the molecule is CCc1nnc(NCCN(C)CC)nc1CC. The van der Waals surface area contributed by atoms with Crippen LogP contribution in [0.3, 0.4) is 0 Å². The van der Waals surface area contributed by atoms with Crippen LogP contribution in [0.25, 0.3) is 0 Å². The maximum Gasteiger partial charge on any atom is 0.243 e. The van der Waals surface area contributed by atoms with E-state index in [-0.39, 0.29) is 0 Å². The Morgan fingerprint density at radius 1 is 1.06 bits per heavy atom. The first-order valence-electron chi connectivity index (χ1n) is 6.36. The lowest BCUT2D eigenvalue weighted by Crippen LogP contribution is -2.25. The molecule has 0 bridgehead atoms. The molecule has 5 heteroatoms. The Morgan fingerprint density at radius 2 is 1.76 bits per heavy atom. The molecule has 1 N–H and O–H groups in total. The van der Waals surface area contributed by atoms with E-state index in [1.54, 1.807) is 0 Å². The summed E-state index contributed by atoms with van der Waals surface area (Å²) in [5, 5.41) is 11.5. The lowest BCUT2D eigenvalue weighted by atomic mass is 10.2. The van der Waals surface area contributed by atoms with Crippen LogP contribution >= 0.6 is 0 Å². The third-order valence-corrected chi connectivity index (χ3v) is 2.83. The van der Waals surface area contributed by atoms with Crippen LogP contribution in [0.4, 0.5) is 5.95 Å². The molecular formula is C12H23N5. The van der Waals surface area contributed by atoms with Gasteiger partial charge in [0, 0.05) is 13.1 Å². The Kier molecular flexibility index (Phi) is 5.83. The smallest absolute Gasteiger partial charge is 0.243 e. The van der Waals surface area contributed by atoms with Crippen molar-refractivity contribution in [3.05, 3.63) is 11.4 Å². The molecule has 17 heavy (non-hydrogen) atoms. The summed E-state index contributed by atoms with van der Waals surface area (Å²) in [6.07, 6.45) is 1.80. The molecule has 1 aromatic rings. The van der Waals surface area contributed by atoms with Gasteiger partial charge in [-0.25, -0.2) is 4.98 Å². The fourth-order valence-corrected chi connectivity index (χ4v) is 1.53. The van der Waals surface area contributed by atoms with Gasteiger partial charge in [0.1, 0.15) is 0 Å². The van der Waals surface area contributed by atoms with Crippen LogP contribution in [0, 0.1) is 0 Å². The fraction of sp³-hybridized carbons (Fsp3) is 0.750. The third kappa shape index (κ3) is 4.26. The molecule has 0 spiro atoms. The number of likely N-dealkylation sites (N-methyl/N-ethyl adjacent to an activating group) is 1. The second-order valence-corrected chi connectivity index (χ2v) is 4.06. The molecule has 1 rings (SSSR count). The van der Waals surface area contributed by atoms with Gasteiger partial charge in [-0.1, -0.05) is 20.8 Å². The number of hydrogen-bond donors (Lipinski definition) is 1. The molecule has 0 unspecified atom stereocenters. The first-order chi connectivity index (χ1) is 8.21. The lowest BCUT2D eigenvalue weighted by molar-refractivity contribution is 0.366. The highest BCUT2D eigenvalue weighted by atomic mass is 15.2. The number of rotatable bonds is 7. The van der Waals surface area contributed by atoms with Crippen LogP contribution in [0.5, 0.6) is 0 Å². The molecule has 5 nitrogen and oxygen atoms in total. The van der Waals surface area contributed by atoms with Gasteiger partial charge in [0.05, 0.1) is 11.4 Å². The molecule has 96 valence electrons. The molecule has 1 heterocycles. The van der Waals surface area contributed by atoms with Gasteiger partial charge in [-0.15, -0.1) is 5.10 Å². The van der Waals surface area contributed by atoms with Crippen molar-refractivity contribution in [2.75, 3.05) is 32.0 Å². The van der Waals surface area contributed by atoms with Crippen molar-refractivity contribution in [2.24, 2.45) is 0 Å². The highest BCUT2D eigenvalue weighted by Gasteiger charge is 2.05. The van der Waals surface area contributed by atoms with E-state index in [0.29, 0.717) is 5.95 Å². The molecule has 1 aromatic heterocycles. The van der Waals surface area contributed by atoms with Crippen LogP contribution in [-0.4, -0.2) is 46.8 Å². The molecule has 0 aliphatic carbocycles. The maximum atomic E-state index is 4.48. The van der Waals surface area contributed by atoms with Gasteiger partial charge in [-0.3, -0.25) is 0 Å². The average molecular weight is 237 g/mol. The van der Waals surface area contributed by atoms with Gasteiger partial charge >= 0.3 is 0 Å². The average Bonchev–Trinajstić information content (AvgIpc) is 2.38. The maximum absolute atomic E-state index is 4.48. The molecule has 0 saturated carbocycles. The minimum Gasteiger partial charge on any atom is -0.352 e. The van der Waals surface area contributed by atoms with Gasteiger partial charge in [0.25, 0.3) is 0 Å². The Balaban J connectivity index is 2.54. The van der Waals surface area contributed by atoms with Crippen molar-refractivity contribution in [1.82, 2.24) is 20.1 Å². The van der Waals surface area contributed by atoms with Crippen molar-refractivity contribution in [3.63, 3.8) is 0 Å². The fourth-order valence-electron chi connectivity index (χ4n) is 1.53. The Labute approximate surface area is 104 Å².